The zero-order valence-corrected chi connectivity index (χ0v) is 19.1. The molecule has 0 unspecified atom stereocenters. The number of carbonyl (C=O) groups is 2. The molecule has 2 rings (SSSR count). The third-order valence-corrected chi connectivity index (χ3v) is 5.22. The first-order valence-electron chi connectivity index (χ1n) is 6.16. The van der Waals surface area contributed by atoms with Crippen LogP contribution >= 0.6 is 57.4 Å². The molecule has 0 radical (unpaired) electrons. The third kappa shape index (κ3) is 5.72. The summed E-state index contributed by atoms with van der Waals surface area (Å²) in [5.74, 6) is -0.469. The summed E-state index contributed by atoms with van der Waals surface area (Å²) in [6.07, 6.45) is 0.0651. The molecule has 0 aliphatic carbocycles. The van der Waals surface area contributed by atoms with E-state index in [0.29, 0.717) is 19.5 Å². The Morgan fingerprint density at radius 1 is 1.21 bits per heavy atom. The smallest absolute Gasteiger partial charge is 0.312 e. The standard InChI is InChI=1S/C14H9Cl3INO3.ClH.HI/c15-6-5-9(20)22-8-4-2-1-3-7(8)13(21)12-11(18)10(16)14(17)19-12;;/h1-4,19H,5-6H2;2*1H/p-1. The molecule has 0 saturated heterocycles. The number of carbonyl (C=O) groups excluding carboxylic acids is 2. The molecule has 24 heavy (non-hydrogen) atoms. The predicted octanol–water partition coefficient (Wildman–Crippen LogP) is -2.72. The van der Waals surface area contributed by atoms with Gasteiger partial charge in [-0.1, -0.05) is 23.7 Å². The highest BCUT2D eigenvalue weighted by molar-refractivity contribution is 14.1. The summed E-state index contributed by atoms with van der Waals surface area (Å²) in [6, 6.07) is 6.50. The lowest BCUT2D eigenvalue weighted by molar-refractivity contribution is -0.532. The van der Waals surface area contributed by atoms with Gasteiger partial charge in [-0.3, -0.25) is 14.9 Å². The summed E-state index contributed by atoms with van der Waals surface area (Å²) >= 11 is 19.4. The largest absolute Gasteiger partial charge is 1.00 e. The van der Waals surface area contributed by atoms with Gasteiger partial charge in [0.05, 0.1) is 12.0 Å². The minimum Gasteiger partial charge on any atom is -1.00 e. The highest BCUT2D eigenvalue weighted by atomic mass is 127. The minimum absolute atomic E-state index is 0. The lowest BCUT2D eigenvalue weighted by Gasteiger charge is -2.08. The van der Waals surface area contributed by atoms with Crippen molar-refractivity contribution in [3.05, 3.63) is 49.3 Å². The topological polar surface area (TPSA) is 60.0 Å². The molecule has 1 aromatic rings. The number of allylic oxidation sites excluding steroid dienone is 3. The summed E-state index contributed by atoms with van der Waals surface area (Å²) in [7, 11) is 0. The maximum absolute atomic E-state index is 12.7. The highest BCUT2D eigenvalue weighted by Crippen LogP contribution is 2.32. The lowest BCUT2D eigenvalue weighted by atomic mass is 10.1. The second kappa shape index (κ2) is 11.2. The first kappa shape index (κ1) is 24.4. The van der Waals surface area contributed by atoms with E-state index < -0.39 is 5.97 Å². The number of nitrogens with two attached hydrogens (primary N) is 1. The molecule has 10 heteroatoms. The van der Waals surface area contributed by atoms with E-state index >= 15 is 0 Å². The highest BCUT2D eigenvalue weighted by Gasteiger charge is 2.32. The molecule has 0 fully saturated rings. The second-order valence-electron chi connectivity index (χ2n) is 4.27. The van der Waals surface area contributed by atoms with Crippen LogP contribution in [0.5, 0.6) is 5.75 Å². The Bertz CT molecular complexity index is 707. The van der Waals surface area contributed by atoms with Crippen LogP contribution in [0.3, 0.4) is 0 Å². The van der Waals surface area contributed by atoms with E-state index in [1.807, 2.05) is 22.6 Å². The Labute approximate surface area is 190 Å². The summed E-state index contributed by atoms with van der Waals surface area (Å²) in [5, 5.41) is 2.15. The number of esters is 1. The number of Topliss-reactive ketones (excluding diaryl/α,β-unsaturated/α-hetero) is 1. The van der Waals surface area contributed by atoms with Gasteiger partial charge in [-0.25, -0.2) is 0 Å². The van der Waals surface area contributed by atoms with Crippen molar-refractivity contribution in [2.45, 2.75) is 6.42 Å². The number of quaternary nitrogens is 1. The predicted molar refractivity (Wildman–Crippen MR) is 93.4 cm³/mol. The van der Waals surface area contributed by atoms with Gasteiger partial charge in [-0.15, -0.1) is 11.6 Å². The molecule has 0 bridgehead atoms. The fraction of sp³-hybridized carbons (Fsp3) is 0.143. The summed E-state index contributed by atoms with van der Waals surface area (Å²) in [5.41, 5.74) is 0.637. The molecule has 0 saturated carbocycles. The van der Waals surface area contributed by atoms with Crippen LogP contribution in [0.4, 0.5) is 0 Å². The zero-order valence-electron chi connectivity index (χ0n) is 11.8. The van der Waals surface area contributed by atoms with Gasteiger partial charge in [-0.05, 0) is 46.3 Å². The van der Waals surface area contributed by atoms with Gasteiger partial charge in [0, 0.05) is 5.88 Å². The van der Waals surface area contributed by atoms with E-state index in [1.54, 1.807) is 24.3 Å². The SMILES string of the molecule is O=C(CCCl)Oc1ccccc1C(=O)C1=C(I)C(Cl)=C(Cl)[NH2+]1.[Cl-].[I-]. The van der Waals surface area contributed by atoms with Crippen molar-refractivity contribution >= 4 is 69.1 Å². The van der Waals surface area contributed by atoms with E-state index in [-0.39, 0.29) is 65.8 Å². The number of alkyl halides is 1. The molecule has 2 N–H and O–H groups in total. The monoisotopic (exact) mass is 634 g/mol. The molecule has 0 amide bonds. The van der Waals surface area contributed by atoms with Crippen molar-refractivity contribution in [1.82, 2.24) is 0 Å². The van der Waals surface area contributed by atoms with Crippen LogP contribution in [0.1, 0.15) is 16.8 Å². The van der Waals surface area contributed by atoms with Gasteiger partial charge in [0.1, 0.15) is 14.4 Å². The van der Waals surface area contributed by atoms with Gasteiger partial charge in [0.2, 0.25) is 5.16 Å². The fourth-order valence-corrected chi connectivity index (χ4v) is 3.15. The number of para-hydroxylation sites is 1. The Morgan fingerprint density at radius 2 is 1.83 bits per heavy atom. The second-order valence-corrected chi connectivity index (χ2v) is 6.51. The van der Waals surface area contributed by atoms with Crippen molar-refractivity contribution in [3.63, 3.8) is 0 Å². The van der Waals surface area contributed by atoms with Crippen LogP contribution in [0.25, 0.3) is 0 Å². The molecule has 1 aliphatic rings. The average Bonchev–Trinajstić information content (AvgIpc) is 2.75. The molecular weight excluding hydrogens is 626 g/mol. The fourth-order valence-electron chi connectivity index (χ4n) is 1.78. The molecular formula is C14H10Cl4I2NO3-. The first-order valence-corrected chi connectivity index (χ1v) is 8.53. The lowest BCUT2D eigenvalue weighted by Crippen LogP contribution is -3.00. The van der Waals surface area contributed by atoms with Gasteiger partial charge in [0.25, 0.3) is 5.78 Å². The number of halogens is 6. The molecule has 1 heterocycles. The van der Waals surface area contributed by atoms with E-state index in [2.05, 4.69) is 0 Å². The van der Waals surface area contributed by atoms with Crippen molar-refractivity contribution in [2.75, 3.05) is 5.88 Å². The number of rotatable bonds is 5. The molecule has 0 spiro atoms. The van der Waals surface area contributed by atoms with E-state index in [9.17, 15) is 9.59 Å². The summed E-state index contributed by atoms with van der Waals surface area (Å²) in [6.45, 7) is 0. The number of hydrogen-bond donors (Lipinski definition) is 1. The molecule has 0 atom stereocenters. The molecule has 4 nitrogen and oxygen atoms in total. The molecule has 1 aromatic carbocycles. The number of hydrogen-bond acceptors (Lipinski definition) is 3. The summed E-state index contributed by atoms with van der Waals surface area (Å²) in [4.78, 5) is 24.2. The van der Waals surface area contributed by atoms with Crippen LogP contribution in [0, 0.1) is 0 Å². The van der Waals surface area contributed by atoms with Crippen LogP contribution < -0.4 is 46.4 Å². The maximum Gasteiger partial charge on any atom is 0.312 e. The van der Waals surface area contributed by atoms with Crippen molar-refractivity contribution in [2.24, 2.45) is 0 Å². The summed E-state index contributed by atoms with van der Waals surface area (Å²) < 4.78 is 5.76. The molecule has 0 aromatic heterocycles. The normalized spacial score (nSPS) is 13.3. The van der Waals surface area contributed by atoms with Crippen molar-refractivity contribution < 1.29 is 56.0 Å². The van der Waals surface area contributed by atoms with E-state index in [4.69, 9.17) is 39.5 Å². The third-order valence-electron chi connectivity index (χ3n) is 2.81. The van der Waals surface area contributed by atoms with Crippen LogP contribution in [-0.2, 0) is 4.79 Å². The van der Waals surface area contributed by atoms with Gasteiger partial charge >= 0.3 is 5.97 Å². The van der Waals surface area contributed by atoms with E-state index in [1.165, 1.54) is 5.32 Å². The first-order chi connectivity index (χ1) is 10.5. The van der Waals surface area contributed by atoms with Crippen molar-refractivity contribution in [1.29, 1.82) is 0 Å². The Morgan fingerprint density at radius 3 is 2.38 bits per heavy atom. The quantitative estimate of drug-likeness (QED) is 0.0957. The van der Waals surface area contributed by atoms with E-state index in [0.717, 1.165) is 0 Å². The van der Waals surface area contributed by atoms with Crippen LogP contribution in [0.15, 0.2) is 43.7 Å². The Kier molecular flexibility index (Phi) is 11.4. The van der Waals surface area contributed by atoms with Crippen LogP contribution in [0.2, 0.25) is 0 Å². The van der Waals surface area contributed by atoms with Gasteiger partial charge in [-0.2, -0.15) is 0 Å². The Hall–Kier alpha value is 0.420. The maximum atomic E-state index is 12.7. The van der Waals surface area contributed by atoms with Crippen LogP contribution in [-0.4, -0.2) is 17.6 Å². The average molecular weight is 636 g/mol. The number of ketones is 1. The van der Waals surface area contributed by atoms with Gasteiger partial charge < -0.3 is 41.1 Å². The minimum atomic E-state index is -0.497. The Balaban J connectivity index is 0.00000264. The number of ether oxygens (including phenoxy) is 1. The van der Waals surface area contributed by atoms with Gasteiger partial charge in [0.15, 0.2) is 5.70 Å². The molecule has 132 valence electrons. The van der Waals surface area contributed by atoms with Crippen molar-refractivity contribution in [3.8, 4) is 5.75 Å². The zero-order chi connectivity index (χ0) is 16.3. The number of benzene rings is 1. The molecule has 1 aliphatic heterocycles.